The fourth-order valence-corrected chi connectivity index (χ4v) is 5.03. The van der Waals surface area contributed by atoms with E-state index in [0.29, 0.717) is 17.8 Å². The smallest absolute Gasteiger partial charge is 0.257 e. The highest BCUT2D eigenvalue weighted by Crippen LogP contribution is 2.38. The van der Waals surface area contributed by atoms with Crippen molar-refractivity contribution in [3.63, 3.8) is 0 Å². The van der Waals surface area contributed by atoms with E-state index in [9.17, 15) is 14.7 Å². The topological polar surface area (TPSA) is 109 Å². The first-order valence-electron chi connectivity index (χ1n) is 11.9. The number of nitrogens with two attached hydrogens (primary N) is 1. The normalized spacial score (nSPS) is 22.6. The van der Waals surface area contributed by atoms with E-state index < -0.39 is 6.10 Å². The molecular weight excluding hydrogens is 487 g/mol. The average Bonchev–Trinajstić information content (AvgIpc) is 2.74. The lowest BCUT2D eigenvalue weighted by Gasteiger charge is -2.34. The summed E-state index contributed by atoms with van der Waals surface area (Å²) in [5.41, 5.74) is 6.53. The summed E-state index contributed by atoms with van der Waals surface area (Å²) in [7, 11) is 0. The molecular formula is C26H38Cl2N4O3. The van der Waals surface area contributed by atoms with E-state index in [1.165, 1.54) is 18.6 Å². The first-order chi connectivity index (χ1) is 16.2. The molecule has 0 aromatic carbocycles. The number of rotatable bonds is 8. The molecule has 7 nitrogen and oxygen atoms in total. The number of hydrogen-bond acceptors (Lipinski definition) is 6. The first kappa shape index (κ1) is 29.3. The van der Waals surface area contributed by atoms with E-state index in [4.69, 9.17) is 33.9 Å². The van der Waals surface area contributed by atoms with Gasteiger partial charge in [0.25, 0.3) is 5.91 Å². The van der Waals surface area contributed by atoms with Crippen molar-refractivity contribution in [2.75, 3.05) is 13.1 Å². The Morgan fingerprint density at radius 3 is 2.26 bits per heavy atom. The molecule has 1 saturated carbocycles. The maximum atomic E-state index is 13.6. The molecule has 1 aliphatic rings. The number of aliphatic imine (C=N–C) groups is 1. The molecule has 1 unspecified atom stereocenters. The Morgan fingerprint density at radius 2 is 1.80 bits per heavy atom. The summed E-state index contributed by atoms with van der Waals surface area (Å²) in [6, 6.07) is 0.0289. The van der Waals surface area contributed by atoms with E-state index in [-0.39, 0.29) is 50.7 Å². The maximum Gasteiger partial charge on any atom is 0.257 e. The van der Waals surface area contributed by atoms with Crippen molar-refractivity contribution in [2.45, 2.75) is 79.4 Å². The van der Waals surface area contributed by atoms with Crippen LogP contribution in [0.4, 0.5) is 0 Å². The second kappa shape index (κ2) is 11.8. The zero-order chi connectivity index (χ0) is 26.6. The number of ketones is 1. The van der Waals surface area contributed by atoms with Gasteiger partial charge in [-0.2, -0.15) is 0 Å². The van der Waals surface area contributed by atoms with Crippen LogP contribution in [0.25, 0.3) is 0 Å². The maximum absolute atomic E-state index is 13.6. The van der Waals surface area contributed by atoms with Crippen LogP contribution in [0, 0.1) is 10.8 Å². The van der Waals surface area contributed by atoms with Gasteiger partial charge in [-0.25, -0.2) is 0 Å². The highest BCUT2D eigenvalue weighted by atomic mass is 35.5. The molecule has 1 fully saturated rings. The molecule has 1 heterocycles. The van der Waals surface area contributed by atoms with Crippen LogP contribution < -0.4 is 5.73 Å². The molecule has 1 aromatic rings. The van der Waals surface area contributed by atoms with Crippen LogP contribution in [0.15, 0.2) is 29.2 Å². The number of aromatic nitrogens is 1. The molecule has 3 N–H and O–H groups in total. The Labute approximate surface area is 218 Å². The third-order valence-corrected chi connectivity index (χ3v) is 7.24. The fraction of sp³-hybridized carbons (Fsp3) is 0.615. The van der Waals surface area contributed by atoms with Gasteiger partial charge >= 0.3 is 0 Å². The lowest BCUT2D eigenvalue weighted by Crippen LogP contribution is -2.42. The Hall–Kier alpha value is -1.96. The Morgan fingerprint density at radius 1 is 1.26 bits per heavy atom. The van der Waals surface area contributed by atoms with Gasteiger partial charge < -0.3 is 15.7 Å². The Kier molecular flexibility index (Phi) is 9.91. The van der Waals surface area contributed by atoms with Gasteiger partial charge in [0.15, 0.2) is 0 Å². The molecule has 1 amide bonds. The molecule has 9 heteroatoms. The largest absolute Gasteiger partial charge is 0.404 e. The van der Waals surface area contributed by atoms with Crippen molar-refractivity contribution in [1.29, 1.82) is 0 Å². The molecule has 35 heavy (non-hydrogen) atoms. The van der Waals surface area contributed by atoms with Crippen molar-refractivity contribution < 1.29 is 14.7 Å². The van der Waals surface area contributed by atoms with Gasteiger partial charge in [-0.1, -0.05) is 50.9 Å². The number of carbonyl (C=O) groups is 2. The van der Waals surface area contributed by atoms with Crippen molar-refractivity contribution in [1.82, 2.24) is 9.88 Å². The molecule has 1 aliphatic carbocycles. The van der Waals surface area contributed by atoms with Gasteiger partial charge in [0.05, 0.1) is 34.3 Å². The number of nitrogens with zero attached hydrogens (tertiary/aromatic N) is 3. The number of halogens is 2. The first-order valence-corrected chi connectivity index (χ1v) is 12.7. The average molecular weight is 526 g/mol. The standard InChI is InChI=1S/C26H38Cl2N4O3/c1-16(31-18-7-9-26(6,10-8-18)17(2)33)19(11-29)24(35)32(15-25(3,4)5)14-22(34)23-20(27)12-30-13-21(23)28/h11-13,18,22,34H,7-10,14-15,29H2,1-6H3. The van der Waals surface area contributed by atoms with E-state index >= 15 is 0 Å². The van der Waals surface area contributed by atoms with Crippen LogP contribution in [-0.2, 0) is 9.59 Å². The van der Waals surface area contributed by atoms with E-state index in [0.717, 1.165) is 25.7 Å². The Balaban J connectivity index is 2.25. The summed E-state index contributed by atoms with van der Waals surface area (Å²) in [6.07, 6.45) is 6.09. The van der Waals surface area contributed by atoms with Crippen LogP contribution in [0.2, 0.25) is 10.0 Å². The quantitative estimate of drug-likeness (QED) is 0.361. The zero-order valence-corrected chi connectivity index (χ0v) is 23.1. The third kappa shape index (κ3) is 7.76. The van der Waals surface area contributed by atoms with E-state index in [1.807, 2.05) is 27.7 Å². The molecule has 0 saturated heterocycles. The number of hydrogen-bond donors (Lipinski definition) is 2. The zero-order valence-electron chi connectivity index (χ0n) is 21.6. The fourth-order valence-electron chi connectivity index (χ4n) is 4.41. The van der Waals surface area contributed by atoms with Crippen molar-refractivity contribution in [3.8, 4) is 0 Å². The second-order valence-electron chi connectivity index (χ2n) is 10.9. The van der Waals surface area contributed by atoms with Gasteiger partial charge in [-0.05, 0) is 44.9 Å². The third-order valence-electron chi connectivity index (χ3n) is 6.64. The minimum Gasteiger partial charge on any atom is -0.404 e. The van der Waals surface area contributed by atoms with Crippen molar-refractivity contribution in [2.24, 2.45) is 21.6 Å². The lowest BCUT2D eigenvalue weighted by atomic mass is 9.72. The van der Waals surface area contributed by atoms with Crippen LogP contribution in [0.1, 0.15) is 78.9 Å². The van der Waals surface area contributed by atoms with Crippen LogP contribution in [0.5, 0.6) is 0 Å². The summed E-state index contributed by atoms with van der Waals surface area (Å²) in [5.74, 6) is -0.117. The van der Waals surface area contributed by atoms with E-state index in [1.54, 1.807) is 18.7 Å². The van der Waals surface area contributed by atoms with Gasteiger partial charge in [0.2, 0.25) is 0 Å². The predicted octanol–water partition coefficient (Wildman–Crippen LogP) is 5.14. The number of pyridine rings is 1. The molecule has 194 valence electrons. The molecule has 1 aromatic heterocycles. The van der Waals surface area contributed by atoms with Crippen molar-refractivity contribution in [3.05, 3.63) is 39.8 Å². The molecule has 0 spiro atoms. The van der Waals surface area contributed by atoms with Gasteiger partial charge in [0.1, 0.15) is 5.78 Å². The summed E-state index contributed by atoms with van der Waals surface area (Å²) in [5, 5.41) is 11.4. The Bertz CT molecular complexity index is 973. The summed E-state index contributed by atoms with van der Waals surface area (Å²) < 4.78 is 0. The summed E-state index contributed by atoms with van der Waals surface area (Å²) >= 11 is 12.5. The number of amides is 1. The highest BCUT2D eigenvalue weighted by molar-refractivity contribution is 6.35. The second-order valence-corrected chi connectivity index (χ2v) is 11.7. The SMILES string of the molecule is CC(=O)C1(C)CCC(N=C(C)C(=CN)C(=O)N(CC(O)c2c(Cl)cncc2Cl)CC(C)(C)C)CC1. The van der Waals surface area contributed by atoms with Crippen LogP contribution >= 0.6 is 23.2 Å². The summed E-state index contributed by atoms with van der Waals surface area (Å²) in [4.78, 5) is 35.9. The monoisotopic (exact) mass is 524 g/mol. The molecule has 2 rings (SSSR count). The summed E-state index contributed by atoms with van der Waals surface area (Å²) in [6.45, 7) is 11.8. The number of aliphatic hydroxyl groups is 1. The van der Waals surface area contributed by atoms with Crippen LogP contribution in [0.3, 0.4) is 0 Å². The molecule has 0 bridgehead atoms. The molecule has 0 aliphatic heterocycles. The van der Waals surface area contributed by atoms with Crippen LogP contribution in [-0.4, -0.2) is 51.5 Å². The highest BCUT2D eigenvalue weighted by Gasteiger charge is 2.35. The predicted molar refractivity (Wildman–Crippen MR) is 142 cm³/mol. The van der Waals surface area contributed by atoms with Crippen molar-refractivity contribution >= 4 is 40.6 Å². The molecule has 0 radical (unpaired) electrons. The van der Waals surface area contributed by atoms with Gasteiger partial charge in [0, 0.05) is 41.8 Å². The minimum absolute atomic E-state index is 0.0232. The molecule has 1 atom stereocenters. The number of Topliss-reactive ketones (excluding diaryl/α,β-unsaturated/α-hetero) is 1. The van der Waals surface area contributed by atoms with Gasteiger partial charge in [-0.15, -0.1) is 0 Å². The van der Waals surface area contributed by atoms with E-state index in [2.05, 4.69) is 4.98 Å². The van der Waals surface area contributed by atoms with Gasteiger partial charge in [-0.3, -0.25) is 19.6 Å². The minimum atomic E-state index is -1.11. The number of carbonyl (C=O) groups excluding carboxylic acids is 2. The number of aliphatic hydroxyl groups excluding tert-OH is 1. The lowest BCUT2D eigenvalue weighted by molar-refractivity contribution is -0.129.